The van der Waals surface area contributed by atoms with Gasteiger partial charge in [-0.15, -0.1) is 0 Å². The van der Waals surface area contributed by atoms with Gasteiger partial charge in [-0.3, -0.25) is 14.5 Å². The van der Waals surface area contributed by atoms with Crippen LogP contribution in [0.2, 0.25) is 0 Å². The molecule has 3 rings (SSSR count). The number of piperidine rings is 1. The molecule has 5 heteroatoms. The van der Waals surface area contributed by atoms with Crippen molar-refractivity contribution in [1.29, 1.82) is 0 Å². The number of rotatable bonds is 7. The maximum atomic E-state index is 12.9. The van der Waals surface area contributed by atoms with Crippen molar-refractivity contribution >= 4 is 17.6 Å². The standard InChI is InChI=1S/C23H28N2O3/c1-23(12-14-25(15-13-23)17-19-6-3-2-4-7-19)22(28)24-20-9-5-8-18(16-20)10-11-21(26)27/h2-9,16H,10-15,17H2,1H3,(H,24,28)(H,26,27). The van der Waals surface area contributed by atoms with Crippen LogP contribution in [0.4, 0.5) is 5.69 Å². The Morgan fingerprint density at radius 1 is 1.04 bits per heavy atom. The van der Waals surface area contributed by atoms with Crippen molar-refractivity contribution in [1.82, 2.24) is 4.90 Å². The van der Waals surface area contributed by atoms with E-state index in [4.69, 9.17) is 5.11 Å². The zero-order valence-electron chi connectivity index (χ0n) is 16.4. The first-order chi connectivity index (χ1) is 13.4. The van der Waals surface area contributed by atoms with Crippen LogP contribution < -0.4 is 5.32 Å². The average Bonchev–Trinajstić information content (AvgIpc) is 2.69. The molecule has 148 valence electrons. The molecule has 0 spiro atoms. The second-order valence-corrected chi connectivity index (χ2v) is 7.87. The van der Waals surface area contributed by atoms with Gasteiger partial charge in [0.15, 0.2) is 0 Å². The van der Waals surface area contributed by atoms with Gasteiger partial charge in [0.1, 0.15) is 0 Å². The number of aliphatic carboxylic acids is 1. The number of carbonyl (C=O) groups excluding carboxylic acids is 1. The first-order valence-electron chi connectivity index (χ1n) is 9.83. The minimum absolute atomic E-state index is 0.0437. The second-order valence-electron chi connectivity index (χ2n) is 7.87. The lowest BCUT2D eigenvalue weighted by molar-refractivity contribution is -0.137. The minimum atomic E-state index is -0.816. The molecule has 1 amide bonds. The number of carboxylic acid groups (broad SMARTS) is 1. The van der Waals surface area contributed by atoms with Gasteiger partial charge in [-0.2, -0.15) is 0 Å². The fraction of sp³-hybridized carbons (Fsp3) is 0.391. The fourth-order valence-electron chi connectivity index (χ4n) is 3.61. The van der Waals surface area contributed by atoms with Crippen molar-refractivity contribution < 1.29 is 14.7 Å². The van der Waals surface area contributed by atoms with Crippen molar-refractivity contribution in [3.8, 4) is 0 Å². The number of benzene rings is 2. The zero-order valence-corrected chi connectivity index (χ0v) is 16.4. The Morgan fingerprint density at radius 2 is 1.71 bits per heavy atom. The topological polar surface area (TPSA) is 69.6 Å². The maximum absolute atomic E-state index is 12.9. The minimum Gasteiger partial charge on any atom is -0.481 e. The van der Waals surface area contributed by atoms with E-state index in [1.165, 1.54) is 5.56 Å². The van der Waals surface area contributed by atoms with Crippen LogP contribution in [0.25, 0.3) is 0 Å². The number of carbonyl (C=O) groups is 2. The van der Waals surface area contributed by atoms with Crippen LogP contribution >= 0.6 is 0 Å². The Morgan fingerprint density at radius 3 is 2.39 bits per heavy atom. The SMILES string of the molecule is CC1(C(=O)Nc2cccc(CCC(=O)O)c2)CCN(Cc2ccccc2)CC1. The summed E-state index contributed by atoms with van der Waals surface area (Å²) < 4.78 is 0. The highest BCUT2D eigenvalue weighted by Crippen LogP contribution is 2.33. The fourth-order valence-corrected chi connectivity index (χ4v) is 3.61. The van der Waals surface area contributed by atoms with E-state index in [9.17, 15) is 9.59 Å². The highest BCUT2D eigenvalue weighted by atomic mass is 16.4. The van der Waals surface area contributed by atoms with Gasteiger partial charge in [0.05, 0.1) is 0 Å². The number of amides is 1. The zero-order chi connectivity index (χ0) is 20.0. The number of nitrogens with one attached hydrogen (secondary N) is 1. The average molecular weight is 380 g/mol. The number of hydrogen-bond acceptors (Lipinski definition) is 3. The summed E-state index contributed by atoms with van der Waals surface area (Å²) in [5.74, 6) is -0.772. The van der Waals surface area contributed by atoms with Crippen LogP contribution in [0, 0.1) is 5.41 Å². The van der Waals surface area contributed by atoms with E-state index in [1.54, 1.807) is 0 Å². The highest BCUT2D eigenvalue weighted by Gasteiger charge is 2.36. The molecule has 2 aromatic rings. The van der Waals surface area contributed by atoms with Crippen LogP contribution in [0.5, 0.6) is 0 Å². The van der Waals surface area contributed by atoms with Gasteiger partial charge in [-0.05, 0) is 55.6 Å². The van der Waals surface area contributed by atoms with Gasteiger partial charge in [0.25, 0.3) is 0 Å². The molecule has 1 aliphatic heterocycles. The monoisotopic (exact) mass is 380 g/mol. The van der Waals surface area contributed by atoms with E-state index in [0.29, 0.717) is 6.42 Å². The number of anilines is 1. The molecule has 1 saturated heterocycles. The predicted molar refractivity (Wildman–Crippen MR) is 110 cm³/mol. The van der Waals surface area contributed by atoms with Gasteiger partial charge in [-0.1, -0.05) is 49.4 Å². The van der Waals surface area contributed by atoms with Gasteiger partial charge in [0.2, 0.25) is 5.91 Å². The van der Waals surface area contributed by atoms with E-state index < -0.39 is 5.97 Å². The summed E-state index contributed by atoms with van der Waals surface area (Å²) in [5, 5.41) is 11.9. The number of hydrogen-bond donors (Lipinski definition) is 2. The predicted octanol–water partition coefficient (Wildman–Crippen LogP) is 3.94. The van der Waals surface area contributed by atoms with Crippen molar-refractivity contribution in [3.05, 3.63) is 65.7 Å². The van der Waals surface area contributed by atoms with E-state index in [-0.39, 0.29) is 17.7 Å². The second kappa shape index (κ2) is 9.02. The molecule has 1 aliphatic rings. The third-order valence-electron chi connectivity index (χ3n) is 5.57. The summed E-state index contributed by atoms with van der Waals surface area (Å²) >= 11 is 0. The molecule has 1 fully saturated rings. The molecule has 0 atom stereocenters. The summed E-state index contributed by atoms with van der Waals surface area (Å²) in [7, 11) is 0. The molecular formula is C23H28N2O3. The molecule has 2 N–H and O–H groups in total. The number of aryl methyl sites for hydroxylation is 1. The van der Waals surface area contributed by atoms with Crippen molar-refractivity contribution in [2.24, 2.45) is 5.41 Å². The molecule has 0 aliphatic carbocycles. The molecular weight excluding hydrogens is 352 g/mol. The molecule has 28 heavy (non-hydrogen) atoms. The summed E-state index contributed by atoms with van der Waals surface area (Å²) in [5.41, 5.74) is 2.57. The molecule has 0 aromatic heterocycles. The van der Waals surface area contributed by atoms with Gasteiger partial charge in [-0.25, -0.2) is 0 Å². The summed E-state index contributed by atoms with van der Waals surface area (Å²) in [4.78, 5) is 26.1. The largest absolute Gasteiger partial charge is 0.481 e. The van der Waals surface area contributed by atoms with Crippen molar-refractivity contribution in [2.75, 3.05) is 18.4 Å². The van der Waals surface area contributed by atoms with E-state index >= 15 is 0 Å². The molecule has 0 bridgehead atoms. The van der Waals surface area contributed by atoms with E-state index in [1.807, 2.05) is 37.3 Å². The first kappa shape index (κ1) is 20.1. The van der Waals surface area contributed by atoms with Crippen LogP contribution in [0.3, 0.4) is 0 Å². The van der Waals surface area contributed by atoms with E-state index in [0.717, 1.165) is 43.7 Å². The van der Waals surface area contributed by atoms with Crippen LogP contribution in [0.1, 0.15) is 37.3 Å². The lowest BCUT2D eigenvalue weighted by Gasteiger charge is -2.38. The third kappa shape index (κ3) is 5.42. The lowest BCUT2D eigenvalue weighted by atomic mass is 9.79. The number of likely N-dealkylation sites (tertiary alicyclic amines) is 1. The van der Waals surface area contributed by atoms with Gasteiger partial charge in [0, 0.05) is 24.1 Å². The Kier molecular flexibility index (Phi) is 6.47. The van der Waals surface area contributed by atoms with Crippen molar-refractivity contribution in [3.63, 3.8) is 0 Å². The Balaban J connectivity index is 1.54. The highest BCUT2D eigenvalue weighted by molar-refractivity contribution is 5.95. The molecule has 0 unspecified atom stereocenters. The van der Waals surface area contributed by atoms with Gasteiger partial charge < -0.3 is 10.4 Å². The molecule has 5 nitrogen and oxygen atoms in total. The number of nitrogens with zero attached hydrogens (tertiary/aromatic N) is 1. The smallest absolute Gasteiger partial charge is 0.303 e. The Bertz CT molecular complexity index is 812. The molecule has 0 radical (unpaired) electrons. The van der Waals surface area contributed by atoms with Crippen LogP contribution in [0.15, 0.2) is 54.6 Å². The summed E-state index contributed by atoms with van der Waals surface area (Å²) in [6.07, 6.45) is 2.20. The van der Waals surface area contributed by atoms with Crippen LogP contribution in [-0.2, 0) is 22.6 Å². The third-order valence-corrected chi connectivity index (χ3v) is 5.57. The van der Waals surface area contributed by atoms with Crippen molar-refractivity contribution in [2.45, 2.75) is 39.2 Å². The van der Waals surface area contributed by atoms with Gasteiger partial charge >= 0.3 is 5.97 Å². The quantitative estimate of drug-likeness (QED) is 0.763. The number of carboxylic acids is 1. The Labute approximate surface area is 166 Å². The summed E-state index contributed by atoms with van der Waals surface area (Å²) in [6, 6.07) is 17.9. The Hall–Kier alpha value is -2.66. The first-order valence-corrected chi connectivity index (χ1v) is 9.83. The normalized spacial score (nSPS) is 16.5. The maximum Gasteiger partial charge on any atom is 0.303 e. The lowest BCUT2D eigenvalue weighted by Crippen LogP contribution is -2.44. The molecule has 2 aromatic carbocycles. The molecule has 1 heterocycles. The summed E-state index contributed by atoms with van der Waals surface area (Å²) in [6.45, 7) is 4.76. The van der Waals surface area contributed by atoms with Crippen LogP contribution in [-0.4, -0.2) is 35.0 Å². The van der Waals surface area contributed by atoms with E-state index in [2.05, 4.69) is 34.5 Å². The molecule has 0 saturated carbocycles.